The number of nitrogen functional groups attached to an aromatic ring is 1. The fourth-order valence-corrected chi connectivity index (χ4v) is 3.48. The maximum Gasteiger partial charge on any atom is 0.154 e. The Balaban J connectivity index is 2.28. The van der Waals surface area contributed by atoms with Gasteiger partial charge < -0.3 is 15.2 Å². The van der Waals surface area contributed by atoms with Crippen LogP contribution in [0.2, 0.25) is 0 Å². The zero-order chi connectivity index (χ0) is 13.1. The fraction of sp³-hybridized carbons (Fsp3) is 0.0769. The highest BCUT2D eigenvalue weighted by Gasteiger charge is 2.09. The average Bonchev–Trinajstić information content (AvgIpc) is 2.34. The van der Waals surface area contributed by atoms with Crippen LogP contribution in [0, 0.1) is 7.14 Å². The van der Waals surface area contributed by atoms with Crippen molar-refractivity contribution in [3.05, 3.63) is 43.5 Å². The fourth-order valence-electron chi connectivity index (χ4n) is 1.44. The van der Waals surface area contributed by atoms with Gasteiger partial charge in [0.05, 0.1) is 14.3 Å². The summed E-state index contributed by atoms with van der Waals surface area (Å²) in [6.45, 7) is 0. The molecular formula is C13H11I2NO2. The Hall–Kier alpha value is -0.700. The first-order chi connectivity index (χ1) is 8.60. The summed E-state index contributed by atoms with van der Waals surface area (Å²) in [7, 11) is 1.64. The van der Waals surface area contributed by atoms with Crippen molar-refractivity contribution in [3.8, 4) is 17.2 Å². The van der Waals surface area contributed by atoms with Crippen molar-refractivity contribution >= 4 is 50.9 Å². The molecule has 0 aliphatic heterocycles. The first-order valence-electron chi connectivity index (χ1n) is 5.16. The van der Waals surface area contributed by atoms with E-state index in [-0.39, 0.29) is 0 Å². The van der Waals surface area contributed by atoms with E-state index in [1.165, 1.54) is 0 Å². The smallest absolute Gasteiger partial charge is 0.154 e. The molecule has 2 N–H and O–H groups in total. The standard InChI is InChI=1S/C13H11I2NO2/c1-17-9-2-4-10(5-3-9)18-13-11(14)6-8(16)7-12(13)15/h2-7H,16H2,1H3. The summed E-state index contributed by atoms with van der Waals surface area (Å²) in [5, 5.41) is 0. The van der Waals surface area contributed by atoms with Gasteiger partial charge in [0.1, 0.15) is 11.5 Å². The van der Waals surface area contributed by atoms with Crippen LogP contribution in [0.15, 0.2) is 36.4 Å². The van der Waals surface area contributed by atoms with Crippen LogP contribution in [-0.2, 0) is 0 Å². The van der Waals surface area contributed by atoms with E-state index in [1.54, 1.807) is 7.11 Å². The van der Waals surface area contributed by atoms with Gasteiger partial charge in [-0.3, -0.25) is 0 Å². The van der Waals surface area contributed by atoms with Gasteiger partial charge in [0.2, 0.25) is 0 Å². The van der Waals surface area contributed by atoms with Gasteiger partial charge in [-0.15, -0.1) is 0 Å². The number of ether oxygens (including phenoxy) is 2. The third-order valence-corrected chi connectivity index (χ3v) is 3.90. The second kappa shape index (κ2) is 5.96. The first-order valence-corrected chi connectivity index (χ1v) is 7.32. The van der Waals surface area contributed by atoms with Crippen molar-refractivity contribution in [3.63, 3.8) is 0 Å². The molecule has 0 radical (unpaired) electrons. The highest BCUT2D eigenvalue weighted by molar-refractivity contribution is 14.1. The second-order valence-electron chi connectivity index (χ2n) is 3.59. The third-order valence-electron chi connectivity index (χ3n) is 2.30. The van der Waals surface area contributed by atoms with Crippen LogP contribution in [0.25, 0.3) is 0 Å². The molecule has 0 spiro atoms. The minimum absolute atomic E-state index is 0.742. The molecule has 0 amide bonds. The molecule has 18 heavy (non-hydrogen) atoms. The van der Waals surface area contributed by atoms with Crippen LogP contribution < -0.4 is 15.2 Å². The second-order valence-corrected chi connectivity index (χ2v) is 5.92. The topological polar surface area (TPSA) is 44.5 Å². The molecule has 0 aliphatic rings. The first kappa shape index (κ1) is 13.7. The van der Waals surface area contributed by atoms with Crippen LogP contribution >= 0.6 is 45.2 Å². The lowest BCUT2D eigenvalue weighted by Gasteiger charge is -2.11. The molecule has 2 rings (SSSR count). The van der Waals surface area contributed by atoms with Crippen molar-refractivity contribution in [1.82, 2.24) is 0 Å². The Labute approximate surface area is 133 Å². The molecule has 0 saturated heterocycles. The van der Waals surface area contributed by atoms with Gasteiger partial charge >= 0.3 is 0 Å². The monoisotopic (exact) mass is 467 g/mol. The molecular weight excluding hydrogens is 456 g/mol. The Morgan fingerprint density at radius 1 is 0.944 bits per heavy atom. The molecule has 2 aromatic carbocycles. The number of nitrogens with two attached hydrogens (primary N) is 1. The average molecular weight is 467 g/mol. The number of rotatable bonds is 3. The quantitative estimate of drug-likeness (QED) is 0.542. The number of anilines is 1. The Kier molecular flexibility index (Phi) is 4.55. The van der Waals surface area contributed by atoms with Gasteiger partial charge in [-0.05, 0) is 81.6 Å². The van der Waals surface area contributed by atoms with E-state index < -0.39 is 0 Å². The molecule has 0 bridgehead atoms. The molecule has 94 valence electrons. The van der Waals surface area contributed by atoms with E-state index in [0.29, 0.717) is 0 Å². The maximum atomic E-state index is 5.87. The molecule has 0 fully saturated rings. The van der Waals surface area contributed by atoms with Crippen molar-refractivity contribution in [2.75, 3.05) is 12.8 Å². The van der Waals surface area contributed by atoms with Crippen LogP contribution in [0.3, 0.4) is 0 Å². The van der Waals surface area contributed by atoms with Crippen LogP contribution in [0.1, 0.15) is 0 Å². The van der Waals surface area contributed by atoms with Crippen molar-refractivity contribution in [2.24, 2.45) is 0 Å². The highest BCUT2D eigenvalue weighted by Crippen LogP contribution is 2.33. The summed E-state index contributed by atoms with van der Waals surface area (Å²) in [4.78, 5) is 0. The van der Waals surface area contributed by atoms with E-state index in [0.717, 1.165) is 30.1 Å². The normalized spacial score (nSPS) is 10.2. The Bertz CT molecular complexity index is 532. The van der Waals surface area contributed by atoms with E-state index in [2.05, 4.69) is 45.2 Å². The molecule has 0 atom stereocenters. The summed E-state index contributed by atoms with van der Waals surface area (Å²) in [5.41, 5.74) is 6.52. The Morgan fingerprint density at radius 2 is 1.44 bits per heavy atom. The minimum Gasteiger partial charge on any atom is -0.497 e. The summed E-state index contributed by atoms with van der Waals surface area (Å²) in [6, 6.07) is 11.3. The lowest BCUT2D eigenvalue weighted by molar-refractivity contribution is 0.412. The van der Waals surface area contributed by atoms with Gasteiger partial charge in [0.25, 0.3) is 0 Å². The Morgan fingerprint density at radius 3 is 1.94 bits per heavy atom. The van der Waals surface area contributed by atoms with E-state index in [9.17, 15) is 0 Å². The van der Waals surface area contributed by atoms with Crippen LogP contribution in [0.5, 0.6) is 17.2 Å². The predicted octanol–water partition coefficient (Wildman–Crippen LogP) is 4.28. The molecule has 2 aromatic rings. The van der Waals surface area contributed by atoms with E-state index >= 15 is 0 Å². The van der Waals surface area contributed by atoms with Crippen molar-refractivity contribution < 1.29 is 9.47 Å². The van der Waals surface area contributed by atoms with Gasteiger partial charge in [-0.25, -0.2) is 0 Å². The molecule has 0 heterocycles. The zero-order valence-corrected chi connectivity index (χ0v) is 13.9. The maximum absolute atomic E-state index is 5.87. The lowest BCUT2D eigenvalue weighted by Crippen LogP contribution is -1.94. The predicted molar refractivity (Wildman–Crippen MR) is 89.4 cm³/mol. The molecule has 0 aromatic heterocycles. The largest absolute Gasteiger partial charge is 0.497 e. The number of hydrogen-bond acceptors (Lipinski definition) is 3. The summed E-state index contributed by atoms with van der Waals surface area (Å²) >= 11 is 4.44. The number of hydrogen-bond donors (Lipinski definition) is 1. The number of halogens is 2. The van der Waals surface area contributed by atoms with Crippen LogP contribution in [0.4, 0.5) is 5.69 Å². The molecule has 0 unspecified atom stereocenters. The molecule has 0 aliphatic carbocycles. The van der Waals surface area contributed by atoms with Crippen molar-refractivity contribution in [1.29, 1.82) is 0 Å². The van der Waals surface area contributed by atoms with E-state index in [4.69, 9.17) is 15.2 Å². The molecule has 0 saturated carbocycles. The van der Waals surface area contributed by atoms with Gasteiger partial charge in [0, 0.05) is 5.69 Å². The highest BCUT2D eigenvalue weighted by atomic mass is 127. The molecule has 5 heteroatoms. The van der Waals surface area contributed by atoms with E-state index in [1.807, 2.05) is 36.4 Å². The SMILES string of the molecule is COc1ccc(Oc2c(I)cc(N)cc2I)cc1. The number of methoxy groups -OCH3 is 1. The zero-order valence-electron chi connectivity index (χ0n) is 9.61. The lowest BCUT2D eigenvalue weighted by atomic mass is 10.3. The van der Waals surface area contributed by atoms with Gasteiger partial charge in [0.15, 0.2) is 5.75 Å². The van der Waals surface area contributed by atoms with Crippen LogP contribution in [-0.4, -0.2) is 7.11 Å². The van der Waals surface area contributed by atoms with Gasteiger partial charge in [-0.2, -0.15) is 0 Å². The summed E-state index contributed by atoms with van der Waals surface area (Å²) in [5.74, 6) is 2.41. The van der Waals surface area contributed by atoms with Crippen molar-refractivity contribution in [2.45, 2.75) is 0 Å². The molecule has 3 nitrogen and oxygen atoms in total. The third kappa shape index (κ3) is 3.19. The summed E-state index contributed by atoms with van der Waals surface area (Å²) in [6.07, 6.45) is 0. The number of benzene rings is 2. The summed E-state index contributed by atoms with van der Waals surface area (Å²) < 4.78 is 13.0. The van der Waals surface area contributed by atoms with Gasteiger partial charge in [-0.1, -0.05) is 0 Å². The minimum atomic E-state index is 0.742.